The van der Waals surface area contributed by atoms with Crippen LogP contribution in [0.4, 0.5) is 0 Å². The summed E-state index contributed by atoms with van der Waals surface area (Å²) >= 11 is 0. The van der Waals surface area contributed by atoms with Gasteiger partial charge in [0, 0.05) is 12.3 Å². The zero-order valence-corrected chi connectivity index (χ0v) is 46.6. The number of fused-ring (bicyclic) bond motifs is 7. The topological polar surface area (TPSA) is 414 Å². The van der Waals surface area contributed by atoms with Crippen molar-refractivity contribution in [3.63, 3.8) is 0 Å². The van der Waals surface area contributed by atoms with E-state index in [2.05, 4.69) is 33.8 Å². The van der Waals surface area contributed by atoms with Gasteiger partial charge in [-0.2, -0.15) is 0 Å². The second-order valence-corrected chi connectivity index (χ2v) is 26.0. The maximum Gasteiger partial charge on any atom is 0.187 e. The lowest BCUT2D eigenvalue weighted by atomic mass is 9.46. The summed E-state index contributed by atoms with van der Waals surface area (Å²) in [6.07, 6.45) is -35.3. The van der Waals surface area contributed by atoms with Crippen molar-refractivity contribution in [1.82, 2.24) is 0 Å². The molecule has 0 bridgehead atoms. The lowest BCUT2D eigenvalue weighted by Gasteiger charge is -2.59. The summed E-state index contributed by atoms with van der Waals surface area (Å²) in [5, 5.41) is 165. The summed E-state index contributed by atoms with van der Waals surface area (Å²) in [5.74, 6) is 1.77. The first-order chi connectivity index (χ1) is 39.0. The predicted octanol–water partition coefficient (Wildman–Crippen LogP) is -4.92. The van der Waals surface area contributed by atoms with Crippen molar-refractivity contribution in [1.29, 1.82) is 0 Å². The normalized spacial score (nSPS) is 56.9. The van der Waals surface area contributed by atoms with E-state index in [0.29, 0.717) is 49.0 Å². The van der Waals surface area contributed by atoms with Crippen LogP contribution in [0.2, 0.25) is 0 Å². The smallest absolute Gasteiger partial charge is 0.187 e. The van der Waals surface area contributed by atoms with Crippen molar-refractivity contribution in [2.45, 2.75) is 244 Å². The molecular formula is C55H88O27. The van der Waals surface area contributed by atoms with Crippen LogP contribution in [0, 0.1) is 46.3 Å². The number of ether oxygens (including phenoxy) is 12. The molecule has 11 aliphatic rings. The van der Waals surface area contributed by atoms with Gasteiger partial charge in [-0.15, -0.1) is 0 Å². The lowest BCUT2D eigenvalue weighted by Crippen LogP contribution is -2.69. The minimum atomic E-state index is -2.13. The zero-order chi connectivity index (χ0) is 58.6. The maximum atomic E-state index is 12.0. The van der Waals surface area contributed by atoms with Gasteiger partial charge in [0.15, 0.2) is 37.2 Å². The Morgan fingerprint density at radius 2 is 1.10 bits per heavy atom. The van der Waals surface area contributed by atoms with E-state index in [0.717, 1.165) is 44.1 Å². The van der Waals surface area contributed by atoms with Gasteiger partial charge in [0.2, 0.25) is 0 Å². The third-order valence-electron chi connectivity index (χ3n) is 21.2. The van der Waals surface area contributed by atoms with Crippen LogP contribution >= 0.6 is 0 Å². The molecular weight excluding hydrogens is 1090 g/mol. The van der Waals surface area contributed by atoms with Crippen LogP contribution in [0.25, 0.3) is 0 Å². The van der Waals surface area contributed by atoms with Crippen LogP contribution in [-0.4, -0.2) is 282 Å². The Bertz CT molecular complexity index is 2190. The molecule has 0 amide bonds. The molecule has 3 saturated carbocycles. The van der Waals surface area contributed by atoms with E-state index in [1.54, 1.807) is 0 Å². The van der Waals surface area contributed by atoms with Crippen molar-refractivity contribution in [3.8, 4) is 0 Å². The molecule has 7 saturated heterocycles. The quantitative estimate of drug-likeness (QED) is 0.0769. The third kappa shape index (κ3) is 10.8. The van der Waals surface area contributed by atoms with Gasteiger partial charge in [0.05, 0.1) is 58.0 Å². The molecule has 35 atom stereocenters. The maximum absolute atomic E-state index is 12.0. The monoisotopic (exact) mass is 1180 g/mol. The van der Waals surface area contributed by atoms with Crippen LogP contribution in [0.15, 0.2) is 11.6 Å². The van der Waals surface area contributed by atoms with Crippen LogP contribution < -0.4 is 0 Å². The van der Waals surface area contributed by atoms with Crippen molar-refractivity contribution >= 4 is 0 Å². The first-order valence-electron chi connectivity index (χ1n) is 29.4. The van der Waals surface area contributed by atoms with Gasteiger partial charge in [-0.25, -0.2) is 0 Å². The minimum Gasteiger partial charge on any atom is -0.394 e. The summed E-state index contributed by atoms with van der Waals surface area (Å²) in [5.41, 5.74) is 0.849. The van der Waals surface area contributed by atoms with E-state index in [1.165, 1.54) is 0 Å². The van der Waals surface area contributed by atoms with Crippen molar-refractivity contribution in [3.05, 3.63) is 11.6 Å². The van der Waals surface area contributed by atoms with Gasteiger partial charge in [-0.3, -0.25) is 0 Å². The fraction of sp³-hybridized carbons (Fsp3) is 0.964. The molecule has 470 valence electrons. The van der Waals surface area contributed by atoms with Gasteiger partial charge in [-0.05, 0) is 85.4 Å². The predicted molar refractivity (Wildman–Crippen MR) is 270 cm³/mol. The molecule has 27 heteroatoms. The molecule has 4 aliphatic carbocycles. The lowest BCUT2D eigenvalue weighted by molar-refractivity contribution is -0.408. The fourth-order valence-electron chi connectivity index (χ4n) is 16.5. The number of rotatable bonds is 13. The Morgan fingerprint density at radius 1 is 0.537 bits per heavy atom. The van der Waals surface area contributed by atoms with Gasteiger partial charge in [-0.1, -0.05) is 39.3 Å². The summed E-state index contributed by atoms with van der Waals surface area (Å²) in [6, 6.07) is 0. The highest BCUT2D eigenvalue weighted by Gasteiger charge is 2.69. The Balaban J connectivity index is 0.800. The summed E-state index contributed by atoms with van der Waals surface area (Å²) in [4.78, 5) is 0. The molecule has 11 rings (SSSR count). The van der Waals surface area contributed by atoms with Gasteiger partial charge >= 0.3 is 0 Å². The summed E-state index contributed by atoms with van der Waals surface area (Å²) in [6.45, 7) is 6.05. The molecule has 7 heterocycles. The molecule has 35 unspecified atom stereocenters. The Hall–Kier alpha value is -1.34. The number of aliphatic hydroxyl groups excluding tert-OH is 15. The van der Waals surface area contributed by atoms with Crippen molar-refractivity contribution in [2.75, 3.05) is 39.6 Å². The first kappa shape index (κ1) is 62.3. The van der Waals surface area contributed by atoms with Gasteiger partial charge in [0.25, 0.3) is 0 Å². The van der Waals surface area contributed by atoms with Crippen LogP contribution in [0.5, 0.6) is 0 Å². The molecule has 82 heavy (non-hydrogen) atoms. The summed E-state index contributed by atoms with van der Waals surface area (Å²) < 4.78 is 72.8. The average Bonchev–Trinajstić information content (AvgIpc) is 3.61. The van der Waals surface area contributed by atoms with Crippen molar-refractivity contribution < 1.29 is 133 Å². The minimum absolute atomic E-state index is 0.0785. The molecule has 0 aromatic rings. The molecule has 0 aromatic heterocycles. The molecule has 27 nitrogen and oxygen atoms in total. The number of allylic oxidation sites excluding steroid dienone is 1. The highest BCUT2D eigenvalue weighted by atomic mass is 16.8. The highest BCUT2D eigenvalue weighted by Crippen LogP contribution is 2.71. The largest absolute Gasteiger partial charge is 0.394 e. The fourth-order valence-corrected chi connectivity index (χ4v) is 16.5. The second kappa shape index (κ2) is 24.2. The van der Waals surface area contributed by atoms with E-state index in [1.807, 2.05) is 0 Å². The van der Waals surface area contributed by atoms with Crippen LogP contribution in [0.1, 0.15) is 79.1 Å². The Kier molecular flexibility index (Phi) is 18.4. The van der Waals surface area contributed by atoms with Gasteiger partial charge < -0.3 is 133 Å². The molecule has 10 fully saturated rings. The molecule has 1 spiro atoms. The third-order valence-corrected chi connectivity index (χ3v) is 21.2. The van der Waals surface area contributed by atoms with E-state index in [9.17, 15) is 76.6 Å². The van der Waals surface area contributed by atoms with E-state index in [-0.39, 0.29) is 22.9 Å². The molecule has 0 radical (unpaired) electrons. The molecule has 0 aromatic carbocycles. The SMILES string of the molecule is CC1CCC2(OC1)OC1CC3C4CC=C5CC(OC6OC(CO)C(OC7OC(CO)C(O)C(OC8OCC(O)C(O)C8O)C7OC7OC(CO)C(O)C(OC8OCC(O)C(O)C8O)C7O)C(O)C6O)C(O)CC5(C)C4CCC3(C)C1C2C. The van der Waals surface area contributed by atoms with Crippen LogP contribution in [0.3, 0.4) is 0 Å². The Labute approximate surface area is 474 Å². The highest BCUT2D eigenvalue weighted by molar-refractivity contribution is 5.27. The zero-order valence-electron chi connectivity index (χ0n) is 46.6. The molecule has 15 N–H and O–H groups in total. The number of aliphatic hydroxyl groups is 15. The van der Waals surface area contributed by atoms with Crippen LogP contribution in [-0.2, 0) is 56.8 Å². The standard InChI is InChI=1S/C55H88O27/c1-20-7-10-55(73-17-20)21(2)34-30(82-55)12-25-23-6-5-22-11-29(26(59)13-54(22,4)24(23)8-9-53(25,34)3)74-50-42(69)39(66)44(33(16-58)77-50)78-52-47(46(38(65)32(15-57)76-52)80-49-41(68)36(63)28(61)19-72-49)81-51-43(70)45(37(64)31(14-56)75-51)79-48-40(67)35(62)27(60)18-71-48/h5,20-21,23-52,56-70H,6-19H2,1-4H3. The van der Waals surface area contributed by atoms with Gasteiger partial charge in [0.1, 0.15) is 110 Å². The summed E-state index contributed by atoms with van der Waals surface area (Å²) in [7, 11) is 0. The number of hydrogen-bond donors (Lipinski definition) is 15. The first-order valence-corrected chi connectivity index (χ1v) is 29.4. The van der Waals surface area contributed by atoms with E-state index >= 15 is 0 Å². The average molecular weight is 1180 g/mol. The van der Waals surface area contributed by atoms with E-state index in [4.69, 9.17) is 56.8 Å². The number of hydrogen-bond acceptors (Lipinski definition) is 27. The van der Waals surface area contributed by atoms with Crippen molar-refractivity contribution in [2.24, 2.45) is 46.3 Å². The Morgan fingerprint density at radius 3 is 1.72 bits per heavy atom. The second-order valence-electron chi connectivity index (χ2n) is 26.0. The molecule has 7 aliphatic heterocycles. The van der Waals surface area contributed by atoms with E-state index < -0.39 is 192 Å².